The Morgan fingerprint density at radius 1 is 1.40 bits per heavy atom. The zero-order valence-electron chi connectivity index (χ0n) is 8.04. The van der Waals surface area contributed by atoms with Gasteiger partial charge in [0.05, 0.1) is 11.6 Å². The highest BCUT2D eigenvalue weighted by atomic mass is 79.9. The predicted molar refractivity (Wildman–Crippen MR) is 64.9 cm³/mol. The molecule has 0 bridgehead atoms. The van der Waals surface area contributed by atoms with Crippen LogP contribution in [-0.2, 0) is 0 Å². The van der Waals surface area contributed by atoms with Crippen LogP contribution in [0.1, 0.15) is 18.8 Å². The Morgan fingerprint density at radius 2 is 2.13 bits per heavy atom. The average molecular weight is 287 g/mol. The SMILES string of the molecule is CC(N)c1nc(Cl)c2cccc(Br)c2n1. The molecule has 1 aromatic carbocycles. The number of benzene rings is 1. The van der Waals surface area contributed by atoms with Gasteiger partial charge in [-0.1, -0.05) is 17.7 Å². The Labute approximate surface area is 101 Å². The maximum atomic E-state index is 6.05. The molecule has 0 radical (unpaired) electrons. The molecule has 1 aromatic heterocycles. The molecule has 2 N–H and O–H groups in total. The minimum Gasteiger partial charge on any atom is -0.322 e. The maximum Gasteiger partial charge on any atom is 0.147 e. The fourth-order valence-electron chi connectivity index (χ4n) is 1.30. The van der Waals surface area contributed by atoms with Gasteiger partial charge in [0.15, 0.2) is 0 Å². The molecule has 0 fully saturated rings. The summed E-state index contributed by atoms with van der Waals surface area (Å²) in [4.78, 5) is 8.52. The van der Waals surface area contributed by atoms with Gasteiger partial charge in [0, 0.05) is 9.86 Å². The fraction of sp³-hybridized carbons (Fsp3) is 0.200. The summed E-state index contributed by atoms with van der Waals surface area (Å²) in [6, 6.07) is 5.47. The highest BCUT2D eigenvalue weighted by Gasteiger charge is 2.10. The van der Waals surface area contributed by atoms with Crippen molar-refractivity contribution in [2.24, 2.45) is 5.73 Å². The van der Waals surface area contributed by atoms with E-state index in [9.17, 15) is 0 Å². The number of aromatic nitrogens is 2. The zero-order chi connectivity index (χ0) is 11.0. The molecule has 0 spiro atoms. The molecule has 0 aliphatic carbocycles. The van der Waals surface area contributed by atoms with Gasteiger partial charge in [-0.25, -0.2) is 9.97 Å². The minimum absolute atomic E-state index is 0.223. The monoisotopic (exact) mass is 285 g/mol. The standard InChI is InChI=1S/C10H9BrClN3/c1-5(13)10-14-8-6(9(12)15-10)3-2-4-7(8)11/h2-5H,13H2,1H3. The van der Waals surface area contributed by atoms with Gasteiger partial charge < -0.3 is 5.73 Å². The number of halogens is 2. The van der Waals surface area contributed by atoms with E-state index in [1.165, 1.54) is 0 Å². The molecule has 78 valence electrons. The smallest absolute Gasteiger partial charge is 0.147 e. The molecule has 1 heterocycles. The Balaban J connectivity index is 2.80. The van der Waals surface area contributed by atoms with Gasteiger partial charge in [0.2, 0.25) is 0 Å². The van der Waals surface area contributed by atoms with Crippen molar-refractivity contribution in [3.8, 4) is 0 Å². The highest BCUT2D eigenvalue weighted by molar-refractivity contribution is 9.10. The number of rotatable bonds is 1. The van der Waals surface area contributed by atoms with Crippen molar-refractivity contribution in [3.63, 3.8) is 0 Å². The van der Waals surface area contributed by atoms with Gasteiger partial charge in [-0.3, -0.25) is 0 Å². The molecule has 2 aromatic rings. The van der Waals surface area contributed by atoms with E-state index in [4.69, 9.17) is 17.3 Å². The molecule has 0 aliphatic rings. The van der Waals surface area contributed by atoms with E-state index in [0.717, 1.165) is 15.4 Å². The van der Waals surface area contributed by atoms with E-state index in [1.807, 2.05) is 25.1 Å². The summed E-state index contributed by atoms with van der Waals surface area (Å²) in [7, 11) is 0. The van der Waals surface area contributed by atoms with Gasteiger partial charge >= 0.3 is 0 Å². The normalized spacial score (nSPS) is 13.1. The van der Waals surface area contributed by atoms with Crippen LogP contribution in [0.25, 0.3) is 10.9 Å². The van der Waals surface area contributed by atoms with Crippen molar-refractivity contribution in [2.45, 2.75) is 13.0 Å². The third-order valence-corrected chi connectivity index (χ3v) is 2.98. The minimum atomic E-state index is -0.223. The van der Waals surface area contributed by atoms with Crippen molar-refractivity contribution >= 4 is 38.4 Å². The van der Waals surface area contributed by atoms with E-state index < -0.39 is 0 Å². The third-order valence-electron chi connectivity index (χ3n) is 2.06. The van der Waals surface area contributed by atoms with E-state index >= 15 is 0 Å². The first-order valence-corrected chi connectivity index (χ1v) is 5.64. The molecular formula is C10H9BrClN3. The van der Waals surface area contributed by atoms with E-state index in [0.29, 0.717) is 11.0 Å². The lowest BCUT2D eigenvalue weighted by molar-refractivity contribution is 0.746. The average Bonchev–Trinajstić information content (AvgIpc) is 2.19. The molecule has 3 nitrogen and oxygen atoms in total. The van der Waals surface area contributed by atoms with E-state index in [-0.39, 0.29) is 6.04 Å². The molecule has 1 atom stereocenters. The van der Waals surface area contributed by atoms with E-state index in [2.05, 4.69) is 25.9 Å². The van der Waals surface area contributed by atoms with Gasteiger partial charge in [-0.05, 0) is 35.0 Å². The first-order valence-electron chi connectivity index (χ1n) is 4.47. The Kier molecular flexibility index (Phi) is 2.91. The topological polar surface area (TPSA) is 51.8 Å². The van der Waals surface area contributed by atoms with E-state index in [1.54, 1.807) is 0 Å². The second-order valence-corrected chi connectivity index (χ2v) is 4.51. The van der Waals surface area contributed by atoms with Crippen LogP contribution in [0.2, 0.25) is 5.15 Å². The first kappa shape index (κ1) is 10.8. The van der Waals surface area contributed by atoms with Crippen LogP contribution in [0.15, 0.2) is 22.7 Å². The lowest BCUT2D eigenvalue weighted by Gasteiger charge is -2.07. The number of nitrogens with two attached hydrogens (primary N) is 1. The maximum absolute atomic E-state index is 6.05. The van der Waals surface area contributed by atoms with Crippen molar-refractivity contribution in [2.75, 3.05) is 0 Å². The van der Waals surface area contributed by atoms with Crippen LogP contribution in [0.3, 0.4) is 0 Å². The molecule has 2 rings (SSSR count). The van der Waals surface area contributed by atoms with Gasteiger partial charge in [-0.15, -0.1) is 0 Å². The Hall–Kier alpha value is -0.710. The lowest BCUT2D eigenvalue weighted by atomic mass is 10.2. The largest absolute Gasteiger partial charge is 0.322 e. The van der Waals surface area contributed by atoms with Crippen LogP contribution < -0.4 is 5.73 Å². The summed E-state index contributed by atoms with van der Waals surface area (Å²) in [5.41, 5.74) is 6.52. The summed E-state index contributed by atoms with van der Waals surface area (Å²) in [5.74, 6) is 0.555. The second kappa shape index (κ2) is 4.04. The van der Waals surface area contributed by atoms with Gasteiger partial charge in [-0.2, -0.15) is 0 Å². The Morgan fingerprint density at radius 3 is 2.80 bits per heavy atom. The quantitative estimate of drug-likeness (QED) is 0.820. The number of hydrogen-bond donors (Lipinski definition) is 1. The van der Waals surface area contributed by atoms with Crippen molar-refractivity contribution in [3.05, 3.63) is 33.6 Å². The number of fused-ring (bicyclic) bond motifs is 1. The predicted octanol–water partition coefficient (Wildman–Crippen LogP) is 3.07. The number of para-hydroxylation sites is 1. The van der Waals surface area contributed by atoms with Crippen LogP contribution in [0, 0.1) is 0 Å². The number of hydrogen-bond acceptors (Lipinski definition) is 3. The zero-order valence-corrected chi connectivity index (χ0v) is 10.4. The lowest BCUT2D eigenvalue weighted by Crippen LogP contribution is -2.10. The highest BCUT2D eigenvalue weighted by Crippen LogP contribution is 2.27. The summed E-state index contributed by atoms with van der Waals surface area (Å²) in [6.07, 6.45) is 0. The van der Waals surface area contributed by atoms with Crippen LogP contribution in [-0.4, -0.2) is 9.97 Å². The number of nitrogens with zero attached hydrogens (tertiary/aromatic N) is 2. The molecule has 0 saturated carbocycles. The summed E-state index contributed by atoms with van der Waals surface area (Å²) >= 11 is 9.48. The van der Waals surface area contributed by atoms with Crippen LogP contribution in [0.4, 0.5) is 0 Å². The molecule has 1 unspecified atom stereocenters. The van der Waals surface area contributed by atoms with Crippen LogP contribution >= 0.6 is 27.5 Å². The van der Waals surface area contributed by atoms with Crippen LogP contribution in [0.5, 0.6) is 0 Å². The van der Waals surface area contributed by atoms with Crippen molar-refractivity contribution in [1.82, 2.24) is 9.97 Å². The summed E-state index contributed by atoms with van der Waals surface area (Å²) in [5, 5.41) is 1.27. The summed E-state index contributed by atoms with van der Waals surface area (Å²) in [6.45, 7) is 1.83. The third kappa shape index (κ3) is 1.97. The van der Waals surface area contributed by atoms with Gasteiger partial charge in [0.25, 0.3) is 0 Å². The van der Waals surface area contributed by atoms with Gasteiger partial charge in [0.1, 0.15) is 11.0 Å². The summed E-state index contributed by atoms with van der Waals surface area (Å²) < 4.78 is 0.895. The molecule has 0 amide bonds. The first-order chi connectivity index (χ1) is 7.09. The molecule has 0 aliphatic heterocycles. The second-order valence-electron chi connectivity index (χ2n) is 3.30. The molecule has 5 heteroatoms. The molecular weight excluding hydrogens is 277 g/mol. The Bertz CT molecular complexity index is 513. The van der Waals surface area contributed by atoms with Crippen molar-refractivity contribution < 1.29 is 0 Å². The fourth-order valence-corrected chi connectivity index (χ4v) is 1.99. The van der Waals surface area contributed by atoms with Crippen molar-refractivity contribution in [1.29, 1.82) is 0 Å². The molecule has 15 heavy (non-hydrogen) atoms. The molecule has 0 saturated heterocycles.